The lowest BCUT2D eigenvalue weighted by Crippen LogP contribution is -2.48. The number of benzene rings is 1. The normalized spacial score (nSPS) is 21.3. The Balaban J connectivity index is 1.75. The van der Waals surface area contributed by atoms with Crippen molar-refractivity contribution >= 4 is 0 Å². The highest BCUT2D eigenvalue weighted by molar-refractivity contribution is 5.14. The minimum absolute atomic E-state index is 0.138. The molecule has 1 N–H and O–H groups in total. The first-order chi connectivity index (χ1) is 10.3. The lowest BCUT2D eigenvalue weighted by molar-refractivity contribution is 0.0252. The lowest BCUT2D eigenvalue weighted by Gasteiger charge is -2.34. The first-order valence-corrected chi connectivity index (χ1v) is 7.83. The SMILES string of the molecule is COCC(CNC1CCCN(Cc2ccccc2)C1)OC. The average Bonchev–Trinajstić information content (AvgIpc) is 2.53. The van der Waals surface area contributed by atoms with Gasteiger partial charge in [-0.2, -0.15) is 0 Å². The zero-order chi connectivity index (χ0) is 14.9. The molecule has 1 aromatic carbocycles. The maximum atomic E-state index is 5.40. The van der Waals surface area contributed by atoms with Gasteiger partial charge in [0.05, 0.1) is 12.7 Å². The maximum absolute atomic E-state index is 5.40. The third kappa shape index (κ3) is 5.75. The van der Waals surface area contributed by atoms with E-state index in [0.29, 0.717) is 12.6 Å². The summed E-state index contributed by atoms with van der Waals surface area (Å²) < 4.78 is 10.6. The lowest BCUT2D eigenvalue weighted by atomic mass is 10.0. The molecule has 21 heavy (non-hydrogen) atoms. The largest absolute Gasteiger partial charge is 0.382 e. The molecule has 4 heteroatoms. The molecule has 1 aromatic rings. The Labute approximate surface area is 128 Å². The maximum Gasteiger partial charge on any atom is 0.0928 e. The molecule has 4 nitrogen and oxygen atoms in total. The van der Waals surface area contributed by atoms with Gasteiger partial charge in [0.15, 0.2) is 0 Å². The van der Waals surface area contributed by atoms with Gasteiger partial charge in [-0.3, -0.25) is 4.90 Å². The van der Waals surface area contributed by atoms with Crippen LogP contribution < -0.4 is 5.32 Å². The zero-order valence-corrected chi connectivity index (χ0v) is 13.3. The van der Waals surface area contributed by atoms with E-state index >= 15 is 0 Å². The molecular weight excluding hydrogens is 264 g/mol. The first kappa shape index (κ1) is 16.4. The Hall–Kier alpha value is -0.940. The second kappa shape index (κ2) is 9.15. The van der Waals surface area contributed by atoms with Crippen molar-refractivity contribution < 1.29 is 9.47 Å². The summed E-state index contributed by atoms with van der Waals surface area (Å²) in [5.41, 5.74) is 1.40. The summed E-state index contributed by atoms with van der Waals surface area (Å²) in [4.78, 5) is 2.54. The van der Waals surface area contributed by atoms with Gasteiger partial charge in [0.2, 0.25) is 0 Å². The van der Waals surface area contributed by atoms with Crippen LogP contribution in [0.2, 0.25) is 0 Å². The average molecular weight is 292 g/mol. The number of likely N-dealkylation sites (tertiary alicyclic amines) is 1. The van der Waals surface area contributed by atoms with Crippen molar-refractivity contribution in [2.45, 2.75) is 31.5 Å². The topological polar surface area (TPSA) is 33.7 Å². The number of nitrogens with zero attached hydrogens (tertiary/aromatic N) is 1. The Morgan fingerprint density at radius 2 is 2.10 bits per heavy atom. The summed E-state index contributed by atoms with van der Waals surface area (Å²) in [6, 6.07) is 11.3. The summed E-state index contributed by atoms with van der Waals surface area (Å²) in [7, 11) is 3.46. The van der Waals surface area contributed by atoms with Gasteiger partial charge >= 0.3 is 0 Å². The zero-order valence-electron chi connectivity index (χ0n) is 13.3. The molecule has 0 radical (unpaired) electrons. The van der Waals surface area contributed by atoms with Crippen LogP contribution >= 0.6 is 0 Å². The smallest absolute Gasteiger partial charge is 0.0928 e. The van der Waals surface area contributed by atoms with Gasteiger partial charge in [-0.05, 0) is 24.9 Å². The molecule has 0 spiro atoms. The third-order valence-electron chi connectivity index (χ3n) is 4.07. The van der Waals surface area contributed by atoms with Gasteiger partial charge in [0, 0.05) is 39.9 Å². The molecule has 118 valence electrons. The Bertz CT molecular complexity index is 386. The third-order valence-corrected chi connectivity index (χ3v) is 4.07. The van der Waals surface area contributed by atoms with Crippen LogP contribution in [-0.4, -0.2) is 57.5 Å². The Morgan fingerprint density at radius 3 is 2.81 bits per heavy atom. The van der Waals surface area contributed by atoms with Crippen LogP contribution in [0, 0.1) is 0 Å². The Morgan fingerprint density at radius 1 is 1.29 bits per heavy atom. The van der Waals surface area contributed by atoms with Gasteiger partial charge in [0.1, 0.15) is 0 Å². The van der Waals surface area contributed by atoms with Crippen molar-refractivity contribution in [1.82, 2.24) is 10.2 Å². The highest BCUT2D eigenvalue weighted by atomic mass is 16.5. The number of hydrogen-bond acceptors (Lipinski definition) is 4. The number of piperidine rings is 1. The van der Waals surface area contributed by atoms with Crippen LogP contribution in [0.25, 0.3) is 0 Å². The highest BCUT2D eigenvalue weighted by Gasteiger charge is 2.20. The molecule has 2 atom stereocenters. The van der Waals surface area contributed by atoms with E-state index in [1.54, 1.807) is 14.2 Å². The van der Waals surface area contributed by atoms with E-state index in [1.165, 1.54) is 24.9 Å². The molecule has 0 aliphatic carbocycles. The monoisotopic (exact) mass is 292 g/mol. The van der Waals surface area contributed by atoms with Crippen molar-refractivity contribution in [1.29, 1.82) is 0 Å². The number of nitrogens with one attached hydrogen (secondary N) is 1. The van der Waals surface area contributed by atoms with Gasteiger partial charge in [0.25, 0.3) is 0 Å². The van der Waals surface area contributed by atoms with Crippen LogP contribution in [0.15, 0.2) is 30.3 Å². The molecule has 1 heterocycles. The van der Waals surface area contributed by atoms with E-state index in [1.807, 2.05) is 0 Å². The molecule has 0 aromatic heterocycles. The first-order valence-electron chi connectivity index (χ1n) is 7.83. The number of hydrogen-bond donors (Lipinski definition) is 1. The van der Waals surface area contributed by atoms with E-state index < -0.39 is 0 Å². The second-order valence-electron chi connectivity index (χ2n) is 5.78. The van der Waals surface area contributed by atoms with Crippen LogP contribution in [0.3, 0.4) is 0 Å². The predicted molar refractivity (Wildman–Crippen MR) is 85.4 cm³/mol. The minimum atomic E-state index is 0.138. The molecule has 2 rings (SSSR count). The van der Waals surface area contributed by atoms with Crippen molar-refractivity contribution in [2.75, 3.05) is 40.5 Å². The van der Waals surface area contributed by atoms with Crippen LogP contribution in [-0.2, 0) is 16.0 Å². The standard InChI is InChI=1S/C17H28N2O2/c1-20-14-17(21-2)11-18-16-9-6-10-19(13-16)12-15-7-4-3-5-8-15/h3-5,7-8,16-18H,6,9-14H2,1-2H3. The molecule has 0 bridgehead atoms. The van der Waals surface area contributed by atoms with Crippen molar-refractivity contribution in [3.05, 3.63) is 35.9 Å². The fourth-order valence-corrected chi connectivity index (χ4v) is 2.90. The van der Waals surface area contributed by atoms with Gasteiger partial charge in [-0.25, -0.2) is 0 Å². The van der Waals surface area contributed by atoms with Gasteiger partial charge < -0.3 is 14.8 Å². The van der Waals surface area contributed by atoms with Crippen LogP contribution in [0.1, 0.15) is 18.4 Å². The van der Waals surface area contributed by atoms with E-state index in [-0.39, 0.29) is 6.10 Å². The molecule has 0 saturated carbocycles. The minimum Gasteiger partial charge on any atom is -0.382 e. The molecule has 1 fully saturated rings. The summed E-state index contributed by atoms with van der Waals surface area (Å²) in [5, 5.41) is 3.63. The summed E-state index contributed by atoms with van der Waals surface area (Å²) >= 11 is 0. The second-order valence-corrected chi connectivity index (χ2v) is 5.78. The molecule has 1 aliphatic rings. The van der Waals surface area contributed by atoms with E-state index in [2.05, 4.69) is 40.5 Å². The van der Waals surface area contributed by atoms with Crippen molar-refractivity contribution in [3.8, 4) is 0 Å². The summed E-state index contributed by atoms with van der Waals surface area (Å²) in [6.07, 6.45) is 2.64. The van der Waals surface area contributed by atoms with Crippen LogP contribution in [0.5, 0.6) is 0 Å². The highest BCUT2D eigenvalue weighted by Crippen LogP contribution is 2.13. The summed E-state index contributed by atoms with van der Waals surface area (Å²) in [5.74, 6) is 0. The molecule has 1 saturated heterocycles. The number of methoxy groups -OCH3 is 2. The summed E-state index contributed by atoms with van der Waals surface area (Å²) in [6.45, 7) is 4.85. The molecule has 2 unspecified atom stereocenters. The van der Waals surface area contributed by atoms with Crippen LogP contribution in [0.4, 0.5) is 0 Å². The van der Waals surface area contributed by atoms with Gasteiger partial charge in [-0.1, -0.05) is 30.3 Å². The van der Waals surface area contributed by atoms with E-state index in [9.17, 15) is 0 Å². The molecular formula is C17H28N2O2. The molecule has 0 amide bonds. The van der Waals surface area contributed by atoms with Crippen molar-refractivity contribution in [2.24, 2.45) is 0 Å². The quantitative estimate of drug-likeness (QED) is 0.793. The van der Waals surface area contributed by atoms with E-state index in [4.69, 9.17) is 9.47 Å². The Kier molecular flexibility index (Phi) is 7.16. The van der Waals surface area contributed by atoms with E-state index in [0.717, 1.165) is 19.6 Å². The fourth-order valence-electron chi connectivity index (χ4n) is 2.90. The predicted octanol–water partition coefficient (Wildman–Crippen LogP) is 1.90. The number of ether oxygens (including phenoxy) is 2. The molecule has 1 aliphatic heterocycles. The van der Waals surface area contributed by atoms with Gasteiger partial charge in [-0.15, -0.1) is 0 Å². The fraction of sp³-hybridized carbons (Fsp3) is 0.647. The van der Waals surface area contributed by atoms with Crippen molar-refractivity contribution in [3.63, 3.8) is 0 Å². The number of rotatable bonds is 8.